The first-order valence-electron chi connectivity index (χ1n) is 4.48. The summed E-state index contributed by atoms with van der Waals surface area (Å²) in [5.74, 6) is -1.28. The summed E-state index contributed by atoms with van der Waals surface area (Å²) in [7, 11) is -3.93. The molecule has 0 unspecified atom stereocenters. The van der Waals surface area contributed by atoms with Gasteiger partial charge in [0.25, 0.3) is 0 Å². The first-order chi connectivity index (χ1) is 7.86. The fourth-order valence-electron chi connectivity index (χ4n) is 0.957. The van der Waals surface area contributed by atoms with Gasteiger partial charge in [0.2, 0.25) is 10.0 Å². The van der Waals surface area contributed by atoms with Gasteiger partial charge >= 0.3 is 5.97 Å². The lowest BCUT2D eigenvalue weighted by molar-refractivity contribution is -0.138. The van der Waals surface area contributed by atoms with Crippen molar-refractivity contribution in [2.45, 2.75) is 17.9 Å². The lowest BCUT2D eigenvalue weighted by Crippen LogP contribution is -2.38. The standard InChI is InChI=1S/C9H9N3O4S/c1-6(9(13)14)12-17(15,16)8-3-2-7(4-10)11-5-8/h2-3,5-6,12H,1H3,(H,13,14)/t6-/m0/s1. The molecule has 1 aromatic rings. The number of nitrogens with one attached hydrogen (secondary N) is 1. The second-order valence-corrected chi connectivity index (χ2v) is 4.89. The number of carboxylic acids is 1. The number of pyridine rings is 1. The Hall–Kier alpha value is -1.98. The van der Waals surface area contributed by atoms with Gasteiger partial charge in [-0.25, -0.2) is 13.4 Å². The van der Waals surface area contributed by atoms with E-state index in [1.54, 1.807) is 6.07 Å². The number of carboxylic acid groups (broad SMARTS) is 1. The number of nitrogens with zero attached hydrogens (tertiary/aromatic N) is 2. The van der Waals surface area contributed by atoms with Gasteiger partial charge in [0.05, 0.1) is 0 Å². The van der Waals surface area contributed by atoms with E-state index >= 15 is 0 Å². The van der Waals surface area contributed by atoms with Crippen LogP contribution in [0.4, 0.5) is 0 Å². The molecule has 0 radical (unpaired) electrons. The minimum Gasteiger partial charge on any atom is -0.480 e. The van der Waals surface area contributed by atoms with E-state index in [1.165, 1.54) is 19.1 Å². The Morgan fingerprint density at radius 2 is 2.24 bits per heavy atom. The zero-order valence-corrected chi connectivity index (χ0v) is 9.60. The lowest BCUT2D eigenvalue weighted by atomic mass is 10.4. The molecule has 0 amide bonds. The molecule has 0 fully saturated rings. The van der Waals surface area contributed by atoms with E-state index in [0.717, 1.165) is 6.20 Å². The average molecular weight is 255 g/mol. The third kappa shape index (κ3) is 3.24. The predicted molar refractivity (Wildman–Crippen MR) is 56.4 cm³/mol. The third-order valence-corrected chi connectivity index (χ3v) is 3.39. The molecule has 0 aromatic carbocycles. The van der Waals surface area contributed by atoms with Crippen LogP contribution >= 0.6 is 0 Å². The van der Waals surface area contributed by atoms with Gasteiger partial charge in [-0.2, -0.15) is 9.98 Å². The molecule has 1 aromatic heterocycles. The molecule has 0 bridgehead atoms. The number of rotatable bonds is 4. The zero-order chi connectivity index (χ0) is 13.1. The second kappa shape index (κ2) is 4.90. The highest BCUT2D eigenvalue weighted by Crippen LogP contribution is 2.08. The maximum atomic E-state index is 11.6. The molecule has 7 nitrogen and oxygen atoms in total. The largest absolute Gasteiger partial charge is 0.480 e. The summed E-state index contributed by atoms with van der Waals surface area (Å²) in [6.45, 7) is 1.21. The third-order valence-electron chi connectivity index (χ3n) is 1.86. The van der Waals surface area contributed by atoms with Crippen LogP contribution in [0, 0.1) is 11.3 Å². The molecule has 90 valence electrons. The van der Waals surface area contributed by atoms with E-state index in [4.69, 9.17) is 10.4 Å². The Labute approximate surface area is 97.8 Å². The predicted octanol–water partition coefficient (Wildman–Crippen LogP) is -0.295. The molecule has 2 N–H and O–H groups in total. The van der Waals surface area contributed by atoms with Crippen LogP contribution in [0.15, 0.2) is 23.2 Å². The smallest absolute Gasteiger partial charge is 0.321 e. The Balaban J connectivity index is 2.98. The maximum Gasteiger partial charge on any atom is 0.321 e. The molecule has 0 spiro atoms. The number of aliphatic carboxylic acids is 1. The molecular formula is C9H9N3O4S. The summed E-state index contributed by atoms with van der Waals surface area (Å²) >= 11 is 0. The Morgan fingerprint density at radius 3 is 2.65 bits per heavy atom. The molecule has 0 aliphatic rings. The van der Waals surface area contributed by atoms with E-state index in [-0.39, 0.29) is 10.6 Å². The van der Waals surface area contributed by atoms with Crippen molar-refractivity contribution < 1.29 is 18.3 Å². The summed E-state index contributed by atoms with van der Waals surface area (Å²) in [5, 5.41) is 17.1. The molecule has 0 saturated heterocycles. The Morgan fingerprint density at radius 1 is 1.59 bits per heavy atom. The summed E-state index contributed by atoms with van der Waals surface area (Å²) in [5.41, 5.74) is 0.0789. The average Bonchev–Trinajstić information content (AvgIpc) is 2.28. The lowest BCUT2D eigenvalue weighted by Gasteiger charge is -2.09. The van der Waals surface area contributed by atoms with Crippen molar-refractivity contribution in [3.05, 3.63) is 24.0 Å². The number of sulfonamides is 1. The molecule has 1 atom stereocenters. The number of hydrogen-bond acceptors (Lipinski definition) is 5. The molecule has 17 heavy (non-hydrogen) atoms. The molecule has 0 saturated carbocycles. The van der Waals surface area contributed by atoms with Crippen LogP contribution in [-0.2, 0) is 14.8 Å². The molecule has 0 aliphatic heterocycles. The van der Waals surface area contributed by atoms with Crippen LogP contribution in [-0.4, -0.2) is 30.5 Å². The molecule has 8 heteroatoms. The highest BCUT2D eigenvalue weighted by Gasteiger charge is 2.21. The zero-order valence-electron chi connectivity index (χ0n) is 8.78. The second-order valence-electron chi connectivity index (χ2n) is 3.17. The van der Waals surface area contributed by atoms with Crippen molar-refractivity contribution in [3.8, 4) is 6.07 Å². The van der Waals surface area contributed by atoms with Crippen molar-refractivity contribution in [1.29, 1.82) is 5.26 Å². The summed E-state index contributed by atoms with van der Waals surface area (Å²) in [6, 6.07) is 2.92. The Kier molecular flexibility index (Phi) is 3.77. The van der Waals surface area contributed by atoms with E-state index < -0.39 is 22.0 Å². The highest BCUT2D eigenvalue weighted by molar-refractivity contribution is 7.89. The molecule has 1 rings (SSSR count). The van der Waals surface area contributed by atoms with Crippen LogP contribution in [0.3, 0.4) is 0 Å². The fourth-order valence-corrected chi connectivity index (χ4v) is 2.10. The van der Waals surface area contributed by atoms with Crippen LogP contribution < -0.4 is 4.72 Å². The van der Waals surface area contributed by atoms with Gasteiger partial charge in [-0.3, -0.25) is 4.79 Å². The SMILES string of the molecule is C[C@H](NS(=O)(=O)c1ccc(C#N)nc1)C(=O)O. The summed E-state index contributed by atoms with van der Waals surface area (Å²) < 4.78 is 25.3. The highest BCUT2D eigenvalue weighted by atomic mass is 32.2. The van der Waals surface area contributed by atoms with E-state index in [2.05, 4.69) is 4.98 Å². The van der Waals surface area contributed by atoms with Crippen LogP contribution in [0.2, 0.25) is 0 Å². The Bertz CT molecular complexity index is 559. The van der Waals surface area contributed by atoms with Gasteiger partial charge in [-0.15, -0.1) is 0 Å². The minimum atomic E-state index is -3.93. The monoisotopic (exact) mass is 255 g/mol. The van der Waals surface area contributed by atoms with E-state index in [0.29, 0.717) is 0 Å². The minimum absolute atomic E-state index is 0.0789. The van der Waals surface area contributed by atoms with Crippen molar-refractivity contribution in [3.63, 3.8) is 0 Å². The van der Waals surface area contributed by atoms with Crippen molar-refractivity contribution >= 4 is 16.0 Å². The van der Waals surface area contributed by atoms with Gasteiger partial charge in [0.1, 0.15) is 22.7 Å². The van der Waals surface area contributed by atoms with Gasteiger partial charge < -0.3 is 5.11 Å². The molecule has 1 heterocycles. The molecular weight excluding hydrogens is 246 g/mol. The van der Waals surface area contributed by atoms with Crippen molar-refractivity contribution in [2.75, 3.05) is 0 Å². The first kappa shape index (κ1) is 13.1. The van der Waals surface area contributed by atoms with E-state index in [1.807, 2.05) is 4.72 Å². The van der Waals surface area contributed by atoms with E-state index in [9.17, 15) is 13.2 Å². The maximum absolute atomic E-state index is 11.6. The summed E-state index contributed by atoms with van der Waals surface area (Å²) in [6.07, 6.45) is 0.995. The van der Waals surface area contributed by atoms with Crippen LogP contribution in [0.1, 0.15) is 12.6 Å². The van der Waals surface area contributed by atoms with Crippen LogP contribution in [0.25, 0.3) is 0 Å². The fraction of sp³-hybridized carbons (Fsp3) is 0.222. The van der Waals surface area contributed by atoms with Gasteiger partial charge in [0.15, 0.2) is 0 Å². The van der Waals surface area contributed by atoms with Crippen LogP contribution in [0.5, 0.6) is 0 Å². The number of nitriles is 1. The topological polar surface area (TPSA) is 120 Å². The normalized spacial score (nSPS) is 12.7. The van der Waals surface area contributed by atoms with Crippen molar-refractivity contribution in [2.24, 2.45) is 0 Å². The van der Waals surface area contributed by atoms with Gasteiger partial charge in [0, 0.05) is 6.20 Å². The first-order valence-corrected chi connectivity index (χ1v) is 5.96. The van der Waals surface area contributed by atoms with Crippen molar-refractivity contribution in [1.82, 2.24) is 9.71 Å². The quantitative estimate of drug-likeness (QED) is 0.762. The van der Waals surface area contributed by atoms with Gasteiger partial charge in [-0.05, 0) is 19.1 Å². The number of carbonyl (C=O) groups is 1. The number of hydrogen-bond donors (Lipinski definition) is 2. The summed E-state index contributed by atoms with van der Waals surface area (Å²) in [4.78, 5) is 13.9. The number of aromatic nitrogens is 1. The van der Waals surface area contributed by atoms with Gasteiger partial charge in [-0.1, -0.05) is 0 Å². The molecule has 0 aliphatic carbocycles.